The minimum Gasteiger partial charge on any atom is -0.473 e. The molecule has 0 saturated heterocycles. The van der Waals surface area contributed by atoms with E-state index < -0.39 is 18.1 Å². The zero-order valence-corrected chi connectivity index (χ0v) is 8.17. The van der Waals surface area contributed by atoms with Crippen molar-refractivity contribution in [2.75, 3.05) is 0 Å². The molecule has 0 aromatic carbocycles. The number of esters is 1. The SMILES string of the molecule is O.O=C(O)OC(=O)C(=O)O.[Ce]. The third kappa shape index (κ3) is 9.75. The molecule has 0 aliphatic carbocycles. The van der Waals surface area contributed by atoms with Crippen LogP contribution in [0, 0.1) is 41.7 Å². The fourth-order valence-corrected chi connectivity index (χ4v) is 0.123. The number of hydrogen-bond acceptors (Lipinski definition) is 4. The summed E-state index contributed by atoms with van der Waals surface area (Å²) < 4.78 is 3.19. The van der Waals surface area contributed by atoms with Crippen LogP contribution in [-0.4, -0.2) is 33.8 Å². The van der Waals surface area contributed by atoms with Crippen LogP contribution in [0.15, 0.2) is 0 Å². The standard InChI is InChI=1S/C3H2O6.Ce.H2O/c4-1(5)2(6)9-3(7)8;;/h(H,4,5)(H,7,8);;1H2. The van der Waals surface area contributed by atoms with E-state index >= 15 is 0 Å². The molecule has 0 aromatic rings. The van der Waals surface area contributed by atoms with Crippen molar-refractivity contribution < 1.29 is 76.6 Å². The molecule has 11 heavy (non-hydrogen) atoms. The molecule has 0 saturated carbocycles. The van der Waals surface area contributed by atoms with Crippen LogP contribution in [0.4, 0.5) is 4.79 Å². The van der Waals surface area contributed by atoms with Gasteiger partial charge in [0.1, 0.15) is 0 Å². The minimum absolute atomic E-state index is 0. The maximum absolute atomic E-state index is 9.75. The quantitative estimate of drug-likeness (QED) is 0.316. The Morgan fingerprint density at radius 1 is 1.09 bits per heavy atom. The second-order valence-corrected chi connectivity index (χ2v) is 0.961. The van der Waals surface area contributed by atoms with Crippen LogP contribution < -0.4 is 0 Å². The van der Waals surface area contributed by atoms with Crippen LogP contribution in [0.1, 0.15) is 0 Å². The van der Waals surface area contributed by atoms with Gasteiger partial charge in [0.2, 0.25) is 0 Å². The molecule has 4 N–H and O–H groups in total. The van der Waals surface area contributed by atoms with E-state index in [2.05, 4.69) is 4.74 Å². The molecule has 0 spiro atoms. The third-order valence-electron chi connectivity index (χ3n) is 0.355. The summed E-state index contributed by atoms with van der Waals surface area (Å²) in [5, 5.41) is 15.3. The van der Waals surface area contributed by atoms with E-state index in [9.17, 15) is 14.4 Å². The van der Waals surface area contributed by atoms with Crippen molar-refractivity contribution in [3.8, 4) is 0 Å². The molecule has 0 aliphatic heterocycles. The number of hydrogen-bond donors (Lipinski definition) is 2. The van der Waals surface area contributed by atoms with Gasteiger partial charge in [-0.1, -0.05) is 0 Å². The summed E-state index contributed by atoms with van der Waals surface area (Å²) in [6, 6.07) is 0. The predicted molar refractivity (Wildman–Crippen MR) is 25.4 cm³/mol. The number of carboxylic acids is 1. The first-order chi connectivity index (χ1) is 4.04. The number of aliphatic carboxylic acids is 1. The van der Waals surface area contributed by atoms with Crippen LogP contribution in [-0.2, 0) is 14.3 Å². The average molecular weight is 292 g/mol. The number of ether oxygens (including phenoxy) is 1. The molecule has 0 unspecified atom stereocenters. The number of carbonyl (C=O) groups excluding carboxylic acids is 1. The van der Waals surface area contributed by atoms with E-state index in [0.29, 0.717) is 0 Å². The summed E-state index contributed by atoms with van der Waals surface area (Å²) in [7, 11) is 0. The molecular weight excluding hydrogens is 288 g/mol. The third-order valence-corrected chi connectivity index (χ3v) is 0.355. The molecular formula is C3H4CeO7. The number of carboxylic acid groups (broad SMARTS) is 2. The molecule has 0 amide bonds. The molecule has 8 heteroatoms. The monoisotopic (exact) mass is 292 g/mol. The van der Waals surface area contributed by atoms with Crippen molar-refractivity contribution in [3.63, 3.8) is 0 Å². The zero-order valence-electron chi connectivity index (χ0n) is 5.03. The molecule has 0 radical (unpaired) electrons. The smallest absolute Gasteiger partial charge is 0.473 e. The Hall–Kier alpha value is -0.253. The van der Waals surface area contributed by atoms with Crippen LogP contribution in [0.25, 0.3) is 0 Å². The second kappa shape index (κ2) is 7.85. The van der Waals surface area contributed by atoms with Crippen LogP contribution in [0.2, 0.25) is 0 Å². The topological polar surface area (TPSA) is 132 Å². The van der Waals surface area contributed by atoms with Gasteiger partial charge in [0.25, 0.3) is 0 Å². The Morgan fingerprint density at radius 3 is 1.55 bits per heavy atom. The van der Waals surface area contributed by atoms with Gasteiger partial charge < -0.3 is 20.4 Å². The van der Waals surface area contributed by atoms with Gasteiger partial charge in [0, 0.05) is 41.7 Å². The first kappa shape index (κ1) is 17.0. The van der Waals surface area contributed by atoms with Gasteiger partial charge in [-0.05, 0) is 0 Å². The summed E-state index contributed by atoms with van der Waals surface area (Å²) >= 11 is 0. The molecule has 0 aliphatic rings. The van der Waals surface area contributed by atoms with Gasteiger partial charge in [-0.2, -0.15) is 0 Å². The van der Waals surface area contributed by atoms with Gasteiger partial charge in [0.05, 0.1) is 0 Å². The van der Waals surface area contributed by atoms with Crippen LogP contribution >= 0.6 is 0 Å². The largest absolute Gasteiger partial charge is 0.514 e. The molecule has 0 rings (SSSR count). The summed E-state index contributed by atoms with van der Waals surface area (Å²) in [6.07, 6.45) is -1.93. The normalized spacial score (nSPS) is 6.55. The molecule has 62 valence electrons. The first-order valence-electron chi connectivity index (χ1n) is 1.72. The minimum atomic E-state index is -1.93. The van der Waals surface area contributed by atoms with E-state index in [-0.39, 0.29) is 47.2 Å². The van der Waals surface area contributed by atoms with E-state index in [0.717, 1.165) is 0 Å². The van der Waals surface area contributed by atoms with Crippen LogP contribution in [0.5, 0.6) is 0 Å². The van der Waals surface area contributed by atoms with Gasteiger partial charge in [-0.3, -0.25) is 0 Å². The second-order valence-electron chi connectivity index (χ2n) is 0.961. The van der Waals surface area contributed by atoms with Crippen molar-refractivity contribution >= 4 is 18.1 Å². The van der Waals surface area contributed by atoms with Crippen molar-refractivity contribution in [2.45, 2.75) is 0 Å². The van der Waals surface area contributed by atoms with E-state index in [1.807, 2.05) is 0 Å². The van der Waals surface area contributed by atoms with Crippen LogP contribution in [0.3, 0.4) is 0 Å². The van der Waals surface area contributed by atoms with E-state index in [4.69, 9.17) is 10.2 Å². The predicted octanol–water partition coefficient (Wildman–Crippen LogP) is -1.53. The van der Waals surface area contributed by atoms with Crippen molar-refractivity contribution in [1.82, 2.24) is 0 Å². The fraction of sp³-hybridized carbons (Fsp3) is 0. The molecule has 0 heterocycles. The van der Waals surface area contributed by atoms with Gasteiger partial charge in [-0.25, -0.2) is 14.4 Å². The Bertz CT molecular complexity index is 163. The Kier molecular flexibility index (Phi) is 12.1. The first-order valence-corrected chi connectivity index (χ1v) is 1.72. The fourth-order valence-electron chi connectivity index (χ4n) is 0.123. The summed E-state index contributed by atoms with van der Waals surface area (Å²) in [5.41, 5.74) is 0. The van der Waals surface area contributed by atoms with E-state index in [1.54, 1.807) is 0 Å². The molecule has 0 aromatic heterocycles. The summed E-state index contributed by atoms with van der Waals surface area (Å²) in [6.45, 7) is 0. The van der Waals surface area contributed by atoms with Gasteiger partial charge in [0.15, 0.2) is 0 Å². The Balaban J connectivity index is -0.000000320. The molecule has 7 nitrogen and oxygen atoms in total. The van der Waals surface area contributed by atoms with Crippen molar-refractivity contribution in [1.29, 1.82) is 0 Å². The van der Waals surface area contributed by atoms with E-state index in [1.165, 1.54) is 0 Å². The molecule has 0 fully saturated rings. The van der Waals surface area contributed by atoms with Gasteiger partial charge in [-0.15, -0.1) is 0 Å². The Morgan fingerprint density at radius 2 is 1.45 bits per heavy atom. The van der Waals surface area contributed by atoms with Crippen molar-refractivity contribution in [2.24, 2.45) is 0 Å². The molecule has 0 bridgehead atoms. The average Bonchev–Trinajstić information content (AvgIpc) is 1.63. The van der Waals surface area contributed by atoms with Gasteiger partial charge >= 0.3 is 18.1 Å². The zero-order chi connectivity index (χ0) is 7.44. The summed E-state index contributed by atoms with van der Waals surface area (Å²) in [5.74, 6) is -3.74. The number of rotatable bonds is 0. The maximum atomic E-state index is 9.75. The maximum Gasteiger partial charge on any atom is 0.514 e. The molecule has 0 atom stereocenters. The Labute approximate surface area is 94.0 Å². The van der Waals surface area contributed by atoms with Crippen molar-refractivity contribution in [3.05, 3.63) is 0 Å². The number of carbonyl (C=O) groups is 3. The summed E-state index contributed by atoms with van der Waals surface area (Å²) in [4.78, 5) is 28.7.